The standard InChI is InChI=1S/C23H25FN8O2S/c1-29-19-18(20(33)28-23(29)34)32(10-5-15-35-21-25-8-4-9-26-21)22(27-19)31-13-11-30(12-14-31)17-7-3-2-6-16(17)24/h2-4,6-9H,5,10-15H2,1H3,(H,28,33,34). The number of hydrogen-bond donors (Lipinski definition) is 1. The van der Waals surface area contributed by atoms with E-state index in [1.165, 1.54) is 10.6 Å². The fraction of sp³-hybridized carbons (Fsp3) is 0.348. The first kappa shape index (κ1) is 23.1. The van der Waals surface area contributed by atoms with Crippen molar-refractivity contribution in [3.05, 3.63) is 69.4 Å². The van der Waals surface area contributed by atoms with Crippen LogP contribution in [-0.4, -0.2) is 61.0 Å². The van der Waals surface area contributed by atoms with Gasteiger partial charge in [0.05, 0.1) is 5.69 Å². The van der Waals surface area contributed by atoms with Crippen molar-refractivity contribution in [3.8, 4) is 0 Å². The highest BCUT2D eigenvalue weighted by atomic mass is 32.2. The second-order valence-electron chi connectivity index (χ2n) is 8.21. The van der Waals surface area contributed by atoms with Crippen molar-refractivity contribution < 1.29 is 4.39 Å². The van der Waals surface area contributed by atoms with Gasteiger partial charge in [-0.25, -0.2) is 19.2 Å². The van der Waals surface area contributed by atoms with Crippen LogP contribution in [-0.2, 0) is 13.6 Å². The lowest BCUT2D eigenvalue weighted by Gasteiger charge is -2.36. The molecule has 1 aliphatic heterocycles. The lowest BCUT2D eigenvalue weighted by atomic mass is 10.2. The lowest BCUT2D eigenvalue weighted by Crippen LogP contribution is -2.47. The number of imidazole rings is 1. The molecule has 4 heterocycles. The van der Waals surface area contributed by atoms with E-state index in [0.29, 0.717) is 60.7 Å². The number of piperazine rings is 1. The van der Waals surface area contributed by atoms with E-state index in [1.54, 1.807) is 49.4 Å². The first-order valence-corrected chi connectivity index (χ1v) is 12.4. The average Bonchev–Trinajstić information content (AvgIpc) is 3.26. The Hall–Kier alpha value is -3.67. The van der Waals surface area contributed by atoms with Gasteiger partial charge in [-0.3, -0.25) is 14.3 Å². The Morgan fingerprint density at radius 1 is 1.03 bits per heavy atom. The van der Waals surface area contributed by atoms with Gasteiger partial charge in [-0.2, -0.15) is 4.98 Å². The number of para-hydroxylation sites is 1. The van der Waals surface area contributed by atoms with Crippen molar-refractivity contribution in [2.24, 2.45) is 7.05 Å². The maximum atomic E-state index is 14.3. The number of aromatic amines is 1. The number of nitrogens with one attached hydrogen (secondary N) is 1. The Morgan fingerprint density at radius 3 is 2.49 bits per heavy atom. The van der Waals surface area contributed by atoms with Crippen LogP contribution in [0, 0.1) is 5.82 Å². The molecule has 1 N–H and O–H groups in total. The molecule has 12 heteroatoms. The minimum atomic E-state index is -0.500. The molecule has 1 fully saturated rings. The van der Waals surface area contributed by atoms with Crippen molar-refractivity contribution in [3.63, 3.8) is 0 Å². The molecular weight excluding hydrogens is 471 g/mol. The van der Waals surface area contributed by atoms with Gasteiger partial charge in [0, 0.05) is 57.9 Å². The maximum absolute atomic E-state index is 14.3. The molecule has 1 saturated heterocycles. The van der Waals surface area contributed by atoms with Crippen LogP contribution in [0.5, 0.6) is 0 Å². The first-order valence-electron chi connectivity index (χ1n) is 11.4. The van der Waals surface area contributed by atoms with Gasteiger partial charge in [-0.05, 0) is 24.6 Å². The third kappa shape index (κ3) is 4.65. The van der Waals surface area contributed by atoms with Crippen molar-refractivity contribution >= 4 is 34.6 Å². The molecule has 0 radical (unpaired) electrons. The van der Waals surface area contributed by atoms with Crippen LogP contribution in [0.25, 0.3) is 11.2 Å². The Kier molecular flexibility index (Phi) is 6.53. The third-order valence-electron chi connectivity index (χ3n) is 6.04. The molecule has 1 aliphatic rings. The van der Waals surface area contributed by atoms with Gasteiger partial charge >= 0.3 is 5.69 Å². The number of aryl methyl sites for hydroxylation is 2. The highest BCUT2D eigenvalue weighted by Crippen LogP contribution is 2.25. The number of anilines is 2. The zero-order chi connectivity index (χ0) is 24.4. The molecular formula is C23H25FN8O2S. The van der Waals surface area contributed by atoms with Crippen LogP contribution >= 0.6 is 11.8 Å². The molecule has 0 saturated carbocycles. The summed E-state index contributed by atoms with van der Waals surface area (Å²) in [5.74, 6) is 1.16. The maximum Gasteiger partial charge on any atom is 0.329 e. The van der Waals surface area contributed by atoms with Gasteiger partial charge in [0.15, 0.2) is 16.3 Å². The second-order valence-corrected chi connectivity index (χ2v) is 9.27. The Balaban J connectivity index is 1.39. The van der Waals surface area contributed by atoms with E-state index >= 15 is 0 Å². The monoisotopic (exact) mass is 496 g/mol. The van der Waals surface area contributed by atoms with Gasteiger partial charge < -0.3 is 14.4 Å². The summed E-state index contributed by atoms with van der Waals surface area (Å²) in [7, 11) is 1.60. The molecule has 0 unspecified atom stereocenters. The smallest absolute Gasteiger partial charge is 0.329 e. The number of fused-ring (bicyclic) bond motifs is 1. The van der Waals surface area contributed by atoms with Gasteiger partial charge in [0.1, 0.15) is 5.82 Å². The SMILES string of the molecule is Cn1c(=O)[nH]c(=O)c2c1nc(N1CCN(c3ccccc3F)CC1)n2CCCSc1ncccn1. The van der Waals surface area contributed by atoms with E-state index in [2.05, 4.69) is 19.9 Å². The molecule has 4 aromatic rings. The van der Waals surface area contributed by atoms with E-state index in [4.69, 9.17) is 4.98 Å². The van der Waals surface area contributed by atoms with Gasteiger partial charge in [0.2, 0.25) is 5.95 Å². The summed E-state index contributed by atoms with van der Waals surface area (Å²) in [5, 5.41) is 0.702. The molecule has 0 atom stereocenters. The van der Waals surface area contributed by atoms with Crippen LogP contribution in [0.2, 0.25) is 0 Å². The van der Waals surface area contributed by atoms with E-state index in [0.717, 1.165) is 12.2 Å². The number of halogens is 1. The Bertz CT molecular complexity index is 1440. The quantitative estimate of drug-likeness (QED) is 0.235. The normalized spacial score (nSPS) is 14.1. The molecule has 1 aromatic carbocycles. The predicted molar refractivity (Wildman–Crippen MR) is 134 cm³/mol. The predicted octanol–water partition coefficient (Wildman–Crippen LogP) is 1.86. The van der Waals surface area contributed by atoms with Crippen molar-refractivity contribution in [1.82, 2.24) is 29.1 Å². The van der Waals surface area contributed by atoms with E-state index in [9.17, 15) is 14.0 Å². The van der Waals surface area contributed by atoms with Crippen LogP contribution < -0.4 is 21.0 Å². The summed E-state index contributed by atoms with van der Waals surface area (Å²) in [6.45, 7) is 2.98. The number of aromatic nitrogens is 6. The summed E-state index contributed by atoms with van der Waals surface area (Å²) in [4.78, 5) is 44.6. The largest absolute Gasteiger partial charge is 0.366 e. The van der Waals surface area contributed by atoms with Crippen molar-refractivity contribution in [2.75, 3.05) is 41.7 Å². The topological polar surface area (TPSA) is 105 Å². The number of hydrogen-bond acceptors (Lipinski definition) is 8. The van der Waals surface area contributed by atoms with Crippen LogP contribution in [0.4, 0.5) is 16.0 Å². The number of H-pyrrole nitrogens is 1. The fourth-order valence-corrected chi connectivity index (χ4v) is 5.00. The second kappa shape index (κ2) is 9.90. The summed E-state index contributed by atoms with van der Waals surface area (Å²) >= 11 is 1.55. The van der Waals surface area contributed by atoms with E-state index in [-0.39, 0.29) is 5.82 Å². The molecule has 10 nitrogen and oxygen atoms in total. The summed E-state index contributed by atoms with van der Waals surface area (Å²) in [5.41, 5.74) is 0.356. The lowest BCUT2D eigenvalue weighted by molar-refractivity contribution is 0.584. The number of nitrogens with zero attached hydrogens (tertiary/aromatic N) is 7. The molecule has 0 amide bonds. The first-order chi connectivity index (χ1) is 17.0. The number of rotatable bonds is 7. The number of benzene rings is 1. The van der Waals surface area contributed by atoms with Gasteiger partial charge in [0.25, 0.3) is 5.56 Å². The highest BCUT2D eigenvalue weighted by molar-refractivity contribution is 7.99. The Morgan fingerprint density at radius 2 is 1.74 bits per heavy atom. The third-order valence-corrected chi connectivity index (χ3v) is 7.00. The fourth-order valence-electron chi connectivity index (χ4n) is 4.28. The minimum absolute atomic E-state index is 0.241. The van der Waals surface area contributed by atoms with Gasteiger partial charge in [-0.1, -0.05) is 23.9 Å². The Labute approximate surface area is 204 Å². The minimum Gasteiger partial charge on any atom is -0.366 e. The summed E-state index contributed by atoms with van der Waals surface area (Å²) < 4.78 is 17.5. The van der Waals surface area contributed by atoms with Crippen molar-refractivity contribution in [1.29, 1.82) is 0 Å². The molecule has 0 bridgehead atoms. The molecule has 5 rings (SSSR count). The molecule has 0 aliphatic carbocycles. The summed E-state index contributed by atoms with van der Waals surface area (Å²) in [6, 6.07) is 8.53. The molecule has 3 aromatic heterocycles. The van der Waals surface area contributed by atoms with Crippen LogP contribution in [0.1, 0.15) is 6.42 Å². The van der Waals surface area contributed by atoms with Crippen LogP contribution in [0.15, 0.2) is 57.5 Å². The zero-order valence-corrected chi connectivity index (χ0v) is 20.0. The van der Waals surface area contributed by atoms with E-state index < -0.39 is 11.2 Å². The molecule has 35 heavy (non-hydrogen) atoms. The van der Waals surface area contributed by atoms with Gasteiger partial charge in [-0.15, -0.1) is 0 Å². The molecule has 182 valence electrons. The summed E-state index contributed by atoms with van der Waals surface area (Å²) in [6.07, 6.45) is 4.16. The highest BCUT2D eigenvalue weighted by Gasteiger charge is 2.25. The van der Waals surface area contributed by atoms with E-state index in [1.807, 2.05) is 15.5 Å². The van der Waals surface area contributed by atoms with Crippen molar-refractivity contribution in [2.45, 2.75) is 18.1 Å². The van der Waals surface area contributed by atoms with Crippen LogP contribution in [0.3, 0.4) is 0 Å². The average molecular weight is 497 g/mol. The molecule has 0 spiro atoms. The zero-order valence-electron chi connectivity index (χ0n) is 19.2. The number of thioether (sulfide) groups is 1.